The fraction of sp³-hybridized carbons (Fsp3) is 0.111. The van der Waals surface area contributed by atoms with Gasteiger partial charge in [-0.15, -0.1) is 11.3 Å². The highest BCUT2D eigenvalue weighted by atomic mass is 32.1. The molecule has 0 atom stereocenters. The van der Waals surface area contributed by atoms with Crippen LogP contribution in [0.3, 0.4) is 0 Å². The highest BCUT2D eigenvalue weighted by Crippen LogP contribution is 2.48. The number of nitrogens with zero attached hydrogens (tertiary/aromatic N) is 1. The van der Waals surface area contributed by atoms with Gasteiger partial charge in [0.25, 0.3) is 0 Å². The number of aromatic carboxylic acids is 1. The summed E-state index contributed by atoms with van der Waals surface area (Å²) < 4.78 is 13.6. The lowest BCUT2D eigenvalue weighted by Crippen LogP contribution is -1.99. The Kier molecular flexibility index (Phi) is 6.64. The third-order valence-corrected chi connectivity index (χ3v) is 6.32. The van der Waals surface area contributed by atoms with E-state index in [1.165, 1.54) is 23.5 Å². The number of aliphatic hydroxyl groups excluding tert-OH is 1. The number of thiophene rings is 1. The first-order chi connectivity index (χ1) is 16.0. The number of halogens is 1. The van der Waals surface area contributed by atoms with Gasteiger partial charge in [0, 0.05) is 34.8 Å². The molecule has 2 heterocycles. The molecular formula is C27H20FNO3S. The van der Waals surface area contributed by atoms with Crippen LogP contribution in [0.1, 0.15) is 27.2 Å². The number of hydrogen-bond acceptors (Lipinski definition) is 4. The molecular weight excluding hydrogens is 437 g/mol. The van der Waals surface area contributed by atoms with Crippen molar-refractivity contribution in [3.05, 3.63) is 88.8 Å². The molecule has 0 aliphatic rings. The maximum Gasteiger partial charge on any atom is 0.335 e. The molecule has 4 rings (SSSR count). The molecule has 0 amide bonds. The largest absolute Gasteiger partial charge is 0.478 e. The molecule has 33 heavy (non-hydrogen) atoms. The minimum atomic E-state index is -0.978. The second-order valence-corrected chi connectivity index (χ2v) is 8.38. The van der Waals surface area contributed by atoms with Crippen molar-refractivity contribution in [3.8, 4) is 44.5 Å². The summed E-state index contributed by atoms with van der Waals surface area (Å²) in [5, 5.41) is 18.6. The molecule has 0 unspecified atom stereocenters. The topological polar surface area (TPSA) is 70.4 Å². The number of carboxylic acid groups (broad SMARTS) is 1. The second-order valence-electron chi connectivity index (χ2n) is 7.36. The van der Waals surface area contributed by atoms with Crippen molar-refractivity contribution in [1.82, 2.24) is 4.98 Å². The quantitative estimate of drug-likeness (QED) is 0.359. The van der Waals surface area contributed by atoms with E-state index in [4.69, 9.17) is 0 Å². The van der Waals surface area contributed by atoms with Gasteiger partial charge in [-0.1, -0.05) is 36.1 Å². The Morgan fingerprint density at radius 1 is 1.00 bits per heavy atom. The van der Waals surface area contributed by atoms with Gasteiger partial charge in [-0.25, -0.2) is 9.18 Å². The summed E-state index contributed by atoms with van der Waals surface area (Å²) >= 11 is 1.49. The van der Waals surface area contributed by atoms with Gasteiger partial charge in [0.05, 0.1) is 17.0 Å². The Balaban J connectivity index is 2.04. The van der Waals surface area contributed by atoms with Crippen LogP contribution < -0.4 is 0 Å². The Hall–Kier alpha value is -3.79. The average molecular weight is 458 g/mol. The number of aromatic nitrogens is 1. The predicted molar refractivity (Wildman–Crippen MR) is 129 cm³/mol. The van der Waals surface area contributed by atoms with Crippen LogP contribution in [0.2, 0.25) is 0 Å². The molecule has 2 N–H and O–H groups in total. The van der Waals surface area contributed by atoms with Gasteiger partial charge >= 0.3 is 5.97 Å². The molecule has 4 aromatic rings. The van der Waals surface area contributed by atoms with Gasteiger partial charge < -0.3 is 10.2 Å². The van der Waals surface area contributed by atoms with E-state index in [1.54, 1.807) is 43.6 Å². The van der Waals surface area contributed by atoms with Crippen LogP contribution in [-0.4, -0.2) is 27.8 Å². The molecule has 0 spiro atoms. The van der Waals surface area contributed by atoms with Crippen LogP contribution in [0.25, 0.3) is 32.7 Å². The van der Waals surface area contributed by atoms with Crippen LogP contribution in [0.15, 0.2) is 67.0 Å². The summed E-state index contributed by atoms with van der Waals surface area (Å²) in [6.07, 6.45) is 3.76. The smallest absolute Gasteiger partial charge is 0.335 e. The normalized spacial score (nSPS) is 10.5. The van der Waals surface area contributed by atoms with Crippen molar-refractivity contribution < 1.29 is 19.4 Å². The standard InChI is InChI=1S/C27H20FNO3S/c1-17-16-20(7-10-22(17)27(31)32)24-23(4-2-3-15-30)33-26(19-5-8-21(28)9-6-19)25(24)18-11-13-29-14-12-18/h5-14,16,30H,3,15H2,1H3,(H,31,32). The van der Waals surface area contributed by atoms with Crippen molar-refractivity contribution in [2.45, 2.75) is 13.3 Å². The lowest BCUT2D eigenvalue weighted by molar-refractivity contribution is 0.0696. The third kappa shape index (κ3) is 4.70. The molecule has 0 radical (unpaired) electrons. The number of hydrogen-bond donors (Lipinski definition) is 2. The van der Waals surface area contributed by atoms with Crippen molar-refractivity contribution in [2.75, 3.05) is 6.61 Å². The van der Waals surface area contributed by atoms with Crippen molar-refractivity contribution in [3.63, 3.8) is 0 Å². The molecule has 6 heteroatoms. The molecule has 0 aliphatic heterocycles. The van der Waals surface area contributed by atoms with Crippen molar-refractivity contribution >= 4 is 17.3 Å². The fourth-order valence-electron chi connectivity index (χ4n) is 3.65. The minimum Gasteiger partial charge on any atom is -0.478 e. The molecule has 0 aliphatic carbocycles. The fourth-order valence-corrected chi connectivity index (χ4v) is 4.88. The van der Waals surface area contributed by atoms with Crippen molar-refractivity contribution in [2.24, 2.45) is 0 Å². The summed E-state index contributed by atoms with van der Waals surface area (Å²) in [5.41, 5.74) is 5.29. The van der Waals surface area contributed by atoms with E-state index in [0.717, 1.165) is 37.6 Å². The molecule has 2 aromatic carbocycles. The van der Waals surface area contributed by atoms with E-state index >= 15 is 0 Å². The number of carboxylic acids is 1. The maximum atomic E-state index is 13.6. The summed E-state index contributed by atoms with van der Waals surface area (Å²) in [6.45, 7) is 1.73. The summed E-state index contributed by atoms with van der Waals surface area (Å²) in [4.78, 5) is 17.4. The number of rotatable bonds is 5. The molecule has 2 aromatic heterocycles. The Labute approximate surface area is 195 Å². The van der Waals surface area contributed by atoms with Crippen LogP contribution >= 0.6 is 11.3 Å². The monoisotopic (exact) mass is 457 g/mol. The van der Waals surface area contributed by atoms with E-state index in [2.05, 4.69) is 16.8 Å². The first-order valence-corrected chi connectivity index (χ1v) is 11.1. The van der Waals surface area contributed by atoms with Crippen LogP contribution in [0.4, 0.5) is 4.39 Å². The van der Waals surface area contributed by atoms with Gasteiger partial charge in [-0.3, -0.25) is 4.98 Å². The van der Waals surface area contributed by atoms with Crippen LogP contribution in [-0.2, 0) is 0 Å². The van der Waals surface area contributed by atoms with E-state index in [-0.39, 0.29) is 18.0 Å². The zero-order valence-electron chi connectivity index (χ0n) is 17.8. The number of aliphatic hydroxyl groups is 1. The zero-order chi connectivity index (χ0) is 23.4. The SMILES string of the molecule is Cc1cc(-c2c(C#CCCO)sc(-c3ccc(F)cc3)c2-c2ccncc2)ccc1C(=O)O. The minimum absolute atomic E-state index is 0.0395. The van der Waals surface area contributed by atoms with Crippen molar-refractivity contribution in [1.29, 1.82) is 0 Å². The van der Waals surface area contributed by atoms with E-state index < -0.39 is 5.97 Å². The molecule has 0 bridgehead atoms. The molecule has 0 fully saturated rings. The number of pyridine rings is 1. The van der Waals surface area contributed by atoms with Gasteiger partial charge in [-0.2, -0.15) is 0 Å². The molecule has 0 saturated heterocycles. The summed E-state index contributed by atoms with van der Waals surface area (Å²) in [7, 11) is 0. The zero-order valence-corrected chi connectivity index (χ0v) is 18.6. The van der Waals surface area contributed by atoms with Gasteiger partial charge in [0.15, 0.2) is 0 Å². The summed E-state index contributed by atoms with van der Waals surface area (Å²) in [5.74, 6) is 4.89. The van der Waals surface area contributed by atoms with E-state index in [0.29, 0.717) is 12.0 Å². The van der Waals surface area contributed by atoms with E-state index in [9.17, 15) is 19.4 Å². The van der Waals surface area contributed by atoms with Gasteiger partial charge in [0.2, 0.25) is 0 Å². The lowest BCUT2D eigenvalue weighted by atomic mass is 9.92. The van der Waals surface area contributed by atoms with Gasteiger partial charge in [0.1, 0.15) is 5.82 Å². The average Bonchev–Trinajstić information content (AvgIpc) is 3.19. The molecule has 164 valence electrons. The number of benzene rings is 2. The number of aryl methyl sites for hydroxylation is 1. The summed E-state index contributed by atoms with van der Waals surface area (Å²) in [6, 6.07) is 15.4. The van der Waals surface area contributed by atoms with Crippen LogP contribution in [0, 0.1) is 24.6 Å². The highest BCUT2D eigenvalue weighted by Gasteiger charge is 2.22. The predicted octanol–water partition coefficient (Wildman–Crippen LogP) is 6.02. The first kappa shape index (κ1) is 22.4. The molecule has 4 nitrogen and oxygen atoms in total. The van der Waals surface area contributed by atoms with E-state index in [1.807, 2.05) is 18.2 Å². The van der Waals surface area contributed by atoms with Gasteiger partial charge in [-0.05, 0) is 59.5 Å². The Morgan fingerprint density at radius 3 is 2.33 bits per heavy atom. The highest BCUT2D eigenvalue weighted by molar-refractivity contribution is 7.17. The lowest BCUT2D eigenvalue weighted by Gasteiger charge is -2.11. The second kappa shape index (κ2) is 9.78. The number of carbonyl (C=O) groups is 1. The van der Waals surface area contributed by atoms with Crippen LogP contribution in [0.5, 0.6) is 0 Å². The maximum absolute atomic E-state index is 13.6. The third-order valence-electron chi connectivity index (χ3n) is 5.17. The first-order valence-electron chi connectivity index (χ1n) is 10.3. The Morgan fingerprint density at radius 2 is 1.70 bits per heavy atom. The Bertz CT molecular complexity index is 1370. The molecule has 0 saturated carbocycles.